The molecule has 0 aliphatic carbocycles. The van der Waals surface area contributed by atoms with Crippen molar-refractivity contribution in [2.45, 2.75) is 56.6 Å². The van der Waals surface area contributed by atoms with Gasteiger partial charge < -0.3 is 14.0 Å². The smallest absolute Gasteiger partial charge is 0.170 e. The van der Waals surface area contributed by atoms with E-state index in [4.69, 9.17) is 9.47 Å². The molecule has 2 saturated heterocycles. The highest BCUT2D eigenvalue weighted by Crippen LogP contribution is 2.61. The van der Waals surface area contributed by atoms with Crippen molar-refractivity contribution >= 4 is 7.80 Å². The Labute approximate surface area is 92.3 Å². The van der Waals surface area contributed by atoms with Gasteiger partial charge in [0, 0.05) is 23.2 Å². The monoisotopic (exact) mass is 232 g/mol. The standard InChI is InChI=1S/C11H21O3P/c1-9(2)7-11(13-5-6-14-11)8-10(3,4)15(9)12/h15H,5-8H2,1-4H3. The second-order valence-electron chi connectivity index (χ2n) is 6.06. The Bertz CT molecular complexity index is 268. The molecule has 2 aliphatic heterocycles. The van der Waals surface area contributed by atoms with Crippen molar-refractivity contribution < 1.29 is 14.0 Å². The molecule has 2 fully saturated rings. The maximum absolute atomic E-state index is 12.4. The van der Waals surface area contributed by atoms with Crippen LogP contribution in [0.25, 0.3) is 0 Å². The van der Waals surface area contributed by atoms with Gasteiger partial charge in [0.1, 0.15) is 0 Å². The first-order valence-corrected chi connectivity index (χ1v) is 7.01. The van der Waals surface area contributed by atoms with Gasteiger partial charge in [-0.15, -0.1) is 0 Å². The minimum Gasteiger partial charge on any atom is -0.347 e. The third-order valence-electron chi connectivity index (χ3n) is 3.47. The van der Waals surface area contributed by atoms with E-state index < -0.39 is 13.6 Å². The number of ether oxygens (including phenoxy) is 2. The minimum absolute atomic E-state index is 0.156. The molecule has 0 unspecified atom stereocenters. The summed E-state index contributed by atoms with van der Waals surface area (Å²) >= 11 is 0. The van der Waals surface area contributed by atoms with Crippen molar-refractivity contribution in [2.24, 2.45) is 0 Å². The predicted octanol–water partition coefficient (Wildman–Crippen LogP) is 2.64. The van der Waals surface area contributed by atoms with Gasteiger partial charge in [-0.25, -0.2) is 0 Å². The lowest BCUT2D eigenvalue weighted by molar-refractivity contribution is -0.179. The first-order valence-electron chi connectivity index (χ1n) is 5.60. The van der Waals surface area contributed by atoms with Crippen molar-refractivity contribution in [3.63, 3.8) is 0 Å². The average molecular weight is 232 g/mol. The van der Waals surface area contributed by atoms with E-state index in [-0.39, 0.29) is 10.3 Å². The molecule has 0 atom stereocenters. The largest absolute Gasteiger partial charge is 0.347 e. The van der Waals surface area contributed by atoms with Crippen LogP contribution in [0.15, 0.2) is 0 Å². The molecule has 0 N–H and O–H groups in total. The summed E-state index contributed by atoms with van der Waals surface area (Å²) in [6, 6.07) is 0. The summed E-state index contributed by atoms with van der Waals surface area (Å²) in [6.45, 7) is 9.63. The molecule has 88 valence electrons. The van der Waals surface area contributed by atoms with E-state index in [0.29, 0.717) is 13.2 Å². The predicted molar refractivity (Wildman–Crippen MR) is 61.0 cm³/mol. The van der Waals surface area contributed by atoms with E-state index in [2.05, 4.69) is 27.7 Å². The van der Waals surface area contributed by atoms with E-state index in [9.17, 15) is 4.57 Å². The topological polar surface area (TPSA) is 35.5 Å². The molecule has 2 heterocycles. The SMILES string of the molecule is CC1(C)CC2(CC(C)(C)[PH]1=O)OCCO2. The second kappa shape index (κ2) is 3.32. The fourth-order valence-electron chi connectivity index (χ4n) is 3.19. The molecule has 2 aliphatic rings. The van der Waals surface area contributed by atoms with Crippen LogP contribution < -0.4 is 0 Å². The third kappa shape index (κ3) is 1.90. The van der Waals surface area contributed by atoms with Crippen molar-refractivity contribution in [1.82, 2.24) is 0 Å². The molecule has 0 aromatic carbocycles. The highest BCUT2D eigenvalue weighted by atomic mass is 31.1. The third-order valence-corrected chi connectivity index (χ3v) is 6.28. The minimum atomic E-state index is -1.62. The molecule has 0 aromatic rings. The van der Waals surface area contributed by atoms with Gasteiger partial charge in [0.2, 0.25) is 0 Å². The lowest BCUT2D eigenvalue weighted by Gasteiger charge is -2.48. The Morgan fingerprint density at radius 3 is 1.73 bits per heavy atom. The Morgan fingerprint density at radius 1 is 0.933 bits per heavy atom. The lowest BCUT2D eigenvalue weighted by atomic mass is 9.92. The molecule has 15 heavy (non-hydrogen) atoms. The lowest BCUT2D eigenvalue weighted by Crippen LogP contribution is -2.48. The Morgan fingerprint density at radius 2 is 1.33 bits per heavy atom. The van der Waals surface area contributed by atoms with Gasteiger partial charge in [-0.1, -0.05) is 27.7 Å². The molecule has 0 radical (unpaired) electrons. The van der Waals surface area contributed by atoms with Gasteiger partial charge in [0.05, 0.1) is 21.0 Å². The van der Waals surface area contributed by atoms with E-state index in [1.54, 1.807) is 0 Å². The van der Waals surface area contributed by atoms with E-state index in [0.717, 1.165) is 12.8 Å². The van der Waals surface area contributed by atoms with Crippen LogP contribution in [-0.4, -0.2) is 29.3 Å². The molecule has 3 nitrogen and oxygen atoms in total. The van der Waals surface area contributed by atoms with Gasteiger partial charge in [0.25, 0.3) is 0 Å². The average Bonchev–Trinajstić information content (AvgIpc) is 2.47. The Kier molecular flexibility index (Phi) is 2.57. The van der Waals surface area contributed by atoms with Crippen LogP contribution >= 0.6 is 7.80 Å². The highest BCUT2D eigenvalue weighted by molar-refractivity contribution is 7.48. The van der Waals surface area contributed by atoms with E-state index >= 15 is 0 Å². The zero-order valence-electron chi connectivity index (χ0n) is 10.1. The summed E-state index contributed by atoms with van der Waals surface area (Å²) in [5.41, 5.74) is 0. The summed E-state index contributed by atoms with van der Waals surface area (Å²) in [6.07, 6.45) is 1.53. The zero-order valence-corrected chi connectivity index (χ0v) is 11.1. The van der Waals surface area contributed by atoms with Crippen LogP contribution in [0.1, 0.15) is 40.5 Å². The van der Waals surface area contributed by atoms with Crippen molar-refractivity contribution in [3.8, 4) is 0 Å². The van der Waals surface area contributed by atoms with E-state index in [1.807, 2.05) is 0 Å². The fraction of sp³-hybridized carbons (Fsp3) is 1.00. The van der Waals surface area contributed by atoms with Crippen LogP contribution in [0.2, 0.25) is 0 Å². The molecule has 0 amide bonds. The molecule has 2 rings (SSSR count). The van der Waals surface area contributed by atoms with Crippen molar-refractivity contribution in [2.75, 3.05) is 13.2 Å². The summed E-state index contributed by atoms with van der Waals surface area (Å²) in [7, 11) is -1.62. The van der Waals surface area contributed by atoms with Gasteiger partial charge in [0.15, 0.2) is 5.79 Å². The maximum atomic E-state index is 12.4. The van der Waals surface area contributed by atoms with Crippen LogP contribution in [0.3, 0.4) is 0 Å². The van der Waals surface area contributed by atoms with Crippen LogP contribution in [0.5, 0.6) is 0 Å². The number of hydrogen-bond donors (Lipinski definition) is 0. The number of hydrogen-bond acceptors (Lipinski definition) is 3. The first kappa shape index (κ1) is 11.6. The van der Waals surface area contributed by atoms with Gasteiger partial charge in [-0.05, 0) is 0 Å². The molecule has 0 aromatic heterocycles. The summed E-state index contributed by atoms with van der Waals surface area (Å²) < 4.78 is 23.9. The van der Waals surface area contributed by atoms with Crippen LogP contribution in [-0.2, 0) is 14.0 Å². The van der Waals surface area contributed by atoms with Gasteiger partial charge >= 0.3 is 0 Å². The number of rotatable bonds is 0. The van der Waals surface area contributed by atoms with Crippen LogP contribution in [0.4, 0.5) is 0 Å². The quantitative estimate of drug-likeness (QED) is 0.602. The van der Waals surface area contributed by atoms with Gasteiger partial charge in [-0.2, -0.15) is 0 Å². The fourth-order valence-corrected chi connectivity index (χ4v) is 5.88. The molecule has 0 bridgehead atoms. The first-order chi connectivity index (χ1) is 6.78. The molecular weight excluding hydrogens is 211 g/mol. The molecule has 4 heteroatoms. The normalized spacial score (nSPS) is 33.3. The van der Waals surface area contributed by atoms with Crippen molar-refractivity contribution in [3.05, 3.63) is 0 Å². The second-order valence-corrected chi connectivity index (χ2v) is 9.42. The highest BCUT2D eigenvalue weighted by Gasteiger charge is 2.55. The molecular formula is C11H21O3P. The van der Waals surface area contributed by atoms with E-state index in [1.165, 1.54) is 0 Å². The molecule has 0 saturated carbocycles. The maximum Gasteiger partial charge on any atom is 0.170 e. The van der Waals surface area contributed by atoms with Gasteiger partial charge in [-0.3, -0.25) is 0 Å². The Hall–Kier alpha value is 0.150. The summed E-state index contributed by atoms with van der Waals surface area (Å²) in [5.74, 6) is -0.453. The van der Waals surface area contributed by atoms with Crippen LogP contribution in [0, 0.1) is 0 Å². The summed E-state index contributed by atoms with van der Waals surface area (Å²) in [5, 5.41) is -0.312. The Balaban J connectivity index is 2.31. The molecule has 1 spiro atoms. The zero-order chi connectivity index (χ0) is 11.3. The summed E-state index contributed by atoms with van der Waals surface area (Å²) in [4.78, 5) is 0. The van der Waals surface area contributed by atoms with Crippen molar-refractivity contribution in [1.29, 1.82) is 0 Å².